The van der Waals surface area contributed by atoms with Gasteiger partial charge in [0.2, 0.25) is 0 Å². The van der Waals surface area contributed by atoms with Gasteiger partial charge in [0, 0.05) is 36.2 Å². The number of non-ortho nitro benzene ring substituents is 1. The Bertz CT molecular complexity index is 969. The Hall–Kier alpha value is -3.28. The molecule has 0 fully saturated rings. The van der Waals surface area contributed by atoms with Gasteiger partial charge in [-0.2, -0.15) is 0 Å². The summed E-state index contributed by atoms with van der Waals surface area (Å²) in [5.41, 5.74) is 1.84. The summed E-state index contributed by atoms with van der Waals surface area (Å²) in [5.74, 6) is 0.687. The van der Waals surface area contributed by atoms with Crippen LogP contribution in [0.1, 0.15) is 18.2 Å². The summed E-state index contributed by atoms with van der Waals surface area (Å²) in [5, 5.41) is 12.4. The number of hydrogen-bond donors (Lipinski definition) is 0. The lowest BCUT2D eigenvalue weighted by Crippen LogP contribution is -2.04. The normalized spacial score (nSPS) is 10.7. The summed E-state index contributed by atoms with van der Waals surface area (Å²) in [6.45, 7) is 1.96. The highest BCUT2D eigenvalue weighted by Gasteiger charge is 2.14. The summed E-state index contributed by atoms with van der Waals surface area (Å²) >= 11 is 0. The Morgan fingerprint density at radius 1 is 1.15 bits per heavy atom. The van der Waals surface area contributed by atoms with Crippen molar-refractivity contribution in [1.29, 1.82) is 0 Å². The minimum absolute atomic E-state index is 0.0657. The van der Waals surface area contributed by atoms with Crippen molar-refractivity contribution in [2.45, 2.75) is 19.8 Å². The molecule has 0 amide bonds. The SMILES string of the molecule is CC(=O)Cc1cc(CCOc2ccc([N+](=O)[O-])c3ccccc23)ccn1. The molecule has 3 aromatic rings. The average Bonchev–Trinajstić information content (AvgIpc) is 2.61. The molecule has 0 aliphatic heterocycles. The van der Waals surface area contributed by atoms with E-state index in [1.54, 1.807) is 24.4 Å². The minimum atomic E-state index is -0.389. The molecule has 0 saturated carbocycles. The number of ether oxygens (including phenoxy) is 1. The third-order valence-corrected chi connectivity index (χ3v) is 4.02. The van der Waals surface area contributed by atoms with Crippen molar-refractivity contribution in [1.82, 2.24) is 4.98 Å². The van der Waals surface area contributed by atoms with Crippen molar-refractivity contribution in [3.05, 3.63) is 76.1 Å². The summed E-state index contributed by atoms with van der Waals surface area (Å²) in [7, 11) is 0. The zero-order valence-corrected chi connectivity index (χ0v) is 14.3. The first kappa shape index (κ1) is 17.5. The van der Waals surface area contributed by atoms with Gasteiger partial charge in [0.15, 0.2) is 0 Å². The maximum Gasteiger partial charge on any atom is 0.277 e. The van der Waals surface area contributed by atoms with E-state index in [0.29, 0.717) is 36.0 Å². The molecule has 0 radical (unpaired) electrons. The number of nitrogens with zero attached hydrogens (tertiary/aromatic N) is 2. The van der Waals surface area contributed by atoms with Crippen LogP contribution in [0.25, 0.3) is 10.8 Å². The molecule has 0 unspecified atom stereocenters. The highest BCUT2D eigenvalue weighted by Crippen LogP contribution is 2.32. The molecule has 3 rings (SSSR count). The number of carbonyl (C=O) groups excluding carboxylic acids is 1. The second-order valence-electron chi connectivity index (χ2n) is 6.02. The fourth-order valence-corrected chi connectivity index (χ4v) is 2.85. The number of fused-ring (bicyclic) bond motifs is 1. The maximum absolute atomic E-state index is 11.2. The third kappa shape index (κ3) is 4.03. The van der Waals surface area contributed by atoms with Gasteiger partial charge in [-0.1, -0.05) is 18.2 Å². The van der Waals surface area contributed by atoms with E-state index in [2.05, 4.69) is 4.98 Å². The van der Waals surface area contributed by atoms with Gasteiger partial charge in [-0.3, -0.25) is 19.9 Å². The molecule has 0 aliphatic carbocycles. The van der Waals surface area contributed by atoms with E-state index in [0.717, 1.165) is 11.3 Å². The Balaban J connectivity index is 1.74. The lowest BCUT2D eigenvalue weighted by atomic mass is 10.1. The van der Waals surface area contributed by atoms with Crippen LogP contribution in [0.5, 0.6) is 5.75 Å². The molecule has 1 aromatic heterocycles. The quantitative estimate of drug-likeness (QED) is 0.477. The first-order valence-corrected chi connectivity index (χ1v) is 8.27. The molecule has 0 aliphatic rings. The molecule has 1 heterocycles. The molecule has 6 heteroatoms. The van der Waals surface area contributed by atoms with Crippen LogP contribution in [0, 0.1) is 10.1 Å². The lowest BCUT2D eigenvalue weighted by molar-refractivity contribution is -0.383. The van der Waals surface area contributed by atoms with Crippen molar-refractivity contribution in [3.8, 4) is 5.75 Å². The molecule has 0 N–H and O–H groups in total. The second kappa shape index (κ2) is 7.74. The molecular formula is C20H18N2O4. The van der Waals surface area contributed by atoms with Crippen molar-refractivity contribution >= 4 is 22.2 Å². The van der Waals surface area contributed by atoms with Gasteiger partial charge in [-0.25, -0.2) is 0 Å². The summed E-state index contributed by atoms with van der Waals surface area (Å²) in [6, 6.07) is 14.0. The van der Waals surface area contributed by atoms with E-state index in [-0.39, 0.29) is 16.4 Å². The fraction of sp³-hybridized carbons (Fsp3) is 0.200. The largest absolute Gasteiger partial charge is 0.493 e. The molecule has 6 nitrogen and oxygen atoms in total. The number of Topliss-reactive ketones (excluding diaryl/α,β-unsaturated/α-hetero) is 1. The lowest BCUT2D eigenvalue weighted by Gasteiger charge is -2.10. The van der Waals surface area contributed by atoms with Crippen molar-refractivity contribution < 1.29 is 14.5 Å². The second-order valence-corrected chi connectivity index (χ2v) is 6.02. The Morgan fingerprint density at radius 2 is 1.92 bits per heavy atom. The van der Waals surface area contributed by atoms with Crippen molar-refractivity contribution in [3.63, 3.8) is 0 Å². The maximum atomic E-state index is 11.2. The van der Waals surface area contributed by atoms with E-state index in [4.69, 9.17) is 4.74 Å². The molecule has 2 aromatic carbocycles. The minimum Gasteiger partial charge on any atom is -0.493 e. The molecule has 26 heavy (non-hydrogen) atoms. The van der Waals surface area contributed by atoms with Crippen LogP contribution in [0.2, 0.25) is 0 Å². The third-order valence-electron chi connectivity index (χ3n) is 4.02. The summed E-state index contributed by atoms with van der Waals surface area (Å²) < 4.78 is 5.87. The number of aromatic nitrogens is 1. The summed E-state index contributed by atoms with van der Waals surface area (Å²) in [4.78, 5) is 26.2. The van der Waals surface area contributed by atoms with Crippen LogP contribution >= 0.6 is 0 Å². The van der Waals surface area contributed by atoms with Gasteiger partial charge in [0.05, 0.1) is 16.9 Å². The first-order valence-electron chi connectivity index (χ1n) is 8.27. The number of ketones is 1. The van der Waals surface area contributed by atoms with Crippen LogP contribution in [-0.4, -0.2) is 22.3 Å². The van der Waals surface area contributed by atoms with E-state index >= 15 is 0 Å². The van der Waals surface area contributed by atoms with E-state index < -0.39 is 0 Å². The standard InChI is InChI=1S/C20H18N2O4/c1-14(23)12-16-13-15(8-10-21-16)9-11-26-20-7-6-19(22(24)25)17-4-2-3-5-18(17)20/h2-8,10,13H,9,11-12H2,1H3. The zero-order valence-electron chi connectivity index (χ0n) is 14.3. The van der Waals surface area contributed by atoms with Gasteiger partial charge < -0.3 is 4.74 Å². The topological polar surface area (TPSA) is 82.3 Å². The number of nitro groups is 1. The van der Waals surface area contributed by atoms with E-state index in [1.165, 1.54) is 13.0 Å². The highest BCUT2D eigenvalue weighted by atomic mass is 16.6. The zero-order chi connectivity index (χ0) is 18.5. The van der Waals surface area contributed by atoms with Crippen molar-refractivity contribution in [2.75, 3.05) is 6.61 Å². The van der Waals surface area contributed by atoms with Crippen LogP contribution < -0.4 is 4.74 Å². The average molecular weight is 350 g/mol. The van der Waals surface area contributed by atoms with Gasteiger partial charge in [0.1, 0.15) is 11.5 Å². The number of benzene rings is 2. The molecular weight excluding hydrogens is 332 g/mol. The highest BCUT2D eigenvalue weighted by molar-refractivity contribution is 5.95. The summed E-state index contributed by atoms with van der Waals surface area (Å²) in [6.07, 6.45) is 2.66. The Kier molecular flexibility index (Phi) is 5.22. The first-order chi connectivity index (χ1) is 12.5. The van der Waals surface area contributed by atoms with E-state index in [1.807, 2.05) is 24.3 Å². The molecule has 0 atom stereocenters. The number of hydrogen-bond acceptors (Lipinski definition) is 5. The van der Waals surface area contributed by atoms with Crippen molar-refractivity contribution in [2.24, 2.45) is 0 Å². The monoisotopic (exact) mass is 350 g/mol. The number of nitro benzene ring substituents is 1. The van der Waals surface area contributed by atoms with Crippen LogP contribution in [-0.2, 0) is 17.6 Å². The van der Waals surface area contributed by atoms with Gasteiger partial charge in [-0.05, 0) is 36.8 Å². The number of carbonyl (C=O) groups is 1. The fourth-order valence-electron chi connectivity index (χ4n) is 2.85. The molecule has 0 bridgehead atoms. The number of pyridine rings is 1. The van der Waals surface area contributed by atoms with E-state index in [9.17, 15) is 14.9 Å². The Labute approximate surface area is 150 Å². The Morgan fingerprint density at radius 3 is 2.65 bits per heavy atom. The predicted molar refractivity (Wildman–Crippen MR) is 98.4 cm³/mol. The van der Waals surface area contributed by atoms with Gasteiger partial charge >= 0.3 is 0 Å². The number of rotatable bonds is 7. The van der Waals surface area contributed by atoms with Gasteiger partial charge in [0.25, 0.3) is 5.69 Å². The molecule has 0 saturated heterocycles. The van der Waals surface area contributed by atoms with Crippen LogP contribution in [0.15, 0.2) is 54.7 Å². The predicted octanol–water partition coefficient (Wildman–Crippen LogP) is 3.90. The van der Waals surface area contributed by atoms with Crippen LogP contribution in [0.3, 0.4) is 0 Å². The van der Waals surface area contributed by atoms with Gasteiger partial charge in [-0.15, -0.1) is 0 Å². The van der Waals surface area contributed by atoms with Crippen LogP contribution in [0.4, 0.5) is 5.69 Å². The molecule has 132 valence electrons. The molecule has 0 spiro atoms. The smallest absolute Gasteiger partial charge is 0.277 e.